The highest BCUT2D eigenvalue weighted by Gasteiger charge is 2.21. The molecule has 0 saturated carbocycles. The van der Waals surface area contributed by atoms with Gasteiger partial charge in [-0.2, -0.15) is 5.10 Å². The van der Waals surface area contributed by atoms with Crippen LogP contribution in [0.25, 0.3) is 0 Å². The van der Waals surface area contributed by atoms with Crippen LogP contribution in [0.3, 0.4) is 0 Å². The number of nitrogens with zero attached hydrogens (tertiary/aromatic N) is 2. The molecule has 0 radical (unpaired) electrons. The van der Waals surface area contributed by atoms with E-state index in [0.717, 1.165) is 0 Å². The topological polar surface area (TPSA) is 53.1 Å². The number of benzene rings is 1. The Morgan fingerprint density at radius 1 is 1.35 bits per heavy atom. The molecule has 1 aromatic heterocycles. The Balaban J connectivity index is 2.33. The van der Waals surface area contributed by atoms with E-state index in [9.17, 15) is 8.78 Å². The first-order valence-corrected chi connectivity index (χ1v) is 6.36. The number of hydrogen-bond donors (Lipinski definition) is 1. The van der Waals surface area contributed by atoms with Gasteiger partial charge in [-0.1, -0.05) is 6.07 Å². The van der Waals surface area contributed by atoms with Gasteiger partial charge in [0.2, 0.25) is 0 Å². The SMILES string of the molecule is CCn1ncc(OC)c1C(N)Cc1c(F)cccc1F. The van der Waals surface area contributed by atoms with E-state index >= 15 is 0 Å². The lowest BCUT2D eigenvalue weighted by Crippen LogP contribution is -2.20. The quantitative estimate of drug-likeness (QED) is 0.915. The van der Waals surface area contributed by atoms with Gasteiger partial charge in [0.05, 0.1) is 25.0 Å². The van der Waals surface area contributed by atoms with E-state index in [-0.39, 0.29) is 12.0 Å². The molecule has 0 spiro atoms. The molecule has 0 bridgehead atoms. The maximum Gasteiger partial charge on any atom is 0.161 e. The number of methoxy groups -OCH3 is 1. The highest BCUT2D eigenvalue weighted by atomic mass is 19.1. The molecule has 4 nitrogen and oxygen atoms in total. The average molecular weight is 281 g/mol. The predicted octanol–water partition coefficient (Wildman–Crippen LogP) is 2.43. The lowest BCUT2D eigenvalue weighted by atomic mass is 10.0. The molecule has 108 valence electrons. The van der Waals surface area contributed by atoms with Crippen molar-refractivity contribution >= 4 is 0 Å². The van der Waals surface area contributed by atoms with Crippen LogP contribution in [0.2, 0.25) is 0 Å². The van der Waals surface area contributed by atoms with Crippen LogP contribution in [0, 0.1) is 11.6 Å². The first kappa shape index (κ1) is 14.5. The number of rotatable bonds is 5. The van der Waals surface area contributed by atoms with Crippen molar-refractivity contribution in [3.63, 3.8) is 0 Å². The van der Waals surface area contributed by atoms with E-state index in [0.29, 0.717) is 18.0 Å². The van der Waals surface area contributed by atoms with E-state index in [4.69, 9.17) is 10.5 Å². The third-order valence-electron chi connectivity index (χ3n) is 3.20. The number of nitrogens with two attached hydrogens (primary N) is 1. The van der Waals surface area contributed by atoms with Gasteiger partial charge in [-0.05, 0) is 25.5 Å². The predicted molar refractivity (Wildman–Crippen MR) is 71.4 cm³/mol. The maximum atomic E-state index is 13.7. The minimum Gasteiger partial charge on any atom is -0.493 e. The van der Waals surface area contributed by atoms with Crippen molar-refractivity contribution in [1.82, 2.24) is 9.78 Å². The second-order valence-electron chi connectivity index (χ2n) is 4.42. The molecule has 0 aliphatic rings. The van der Waals surface area contributed by atoms with E-state index in [1.54, 1.807) is 10.9 Å². The second-order valence-corrected chi connectivity index (χ2v) is 4.42. The van der Waals surface area contributed by atoms with Gasteiger partial charge in [-0.15, -0.1) is 0 Å². The molecule has 2 rings (SSSR count). The van der Waals surface area contributed by atoms with Crippen LogP contribution < -0.4 is 10.5 Å². The molecule has 0 saturated heterocycles. The van der Waals surface area contributed by atoms with Crippen LogP contribution in [-0.4, -0.2) is 16.9 Å². The highest BCUT2D eigenvalue weighted by molar-refractivity contribution is 5.30. The van der Waals surface area contributed by atoms with Crippen molar-refractivity contribution < 1.29 is 13.5 Å². The summed E-state index contributed by atoms with van der Waals surface area (Å²) < 4.78 is 34.2. The number of hydrogen-bond acceptors (Lipinski definition) is 3. The van der Waals surface area contributed by atoms with Gasteiger partial charge in [-0.3, -0.25) is 4.68 Å². The smallest absolute Gasteiger partial charge is 0.161 e. The second kappa shape index (κ2) is 6.00. The highest BCUT2D eigenvalue weighted by Crippen LogP contribution is 2.27. The van der Waals surface area contributed by atoms with Gasteiger partial charge < -0.3 is 10.5 Å². The van der Waals surface area contributed by atoms with Crippen molar-refractivity contribution in [1.29, 1.82) is 0 Å². The molecule has 6 heteroatoms. The number of aryl methyl sites for hydroxylation is 1. The molecule has 0 fully saturated rings. The summed E-state index contributed by atoms with van der Waals surface area (Å²) in [4.78, 5) is 0. The van der Waals surface area contributed by atoms with Gasteiger partial charge in [0.15, 0.2) is 5.75 Å². The largest absolute Gasteiger partial charge is 0.493 e. The fraction of sp³-hybridized carbons (Fsp3) is 0.357. The summed E-state index contributed by atoms with van der Waals surface area (Å²) in [7, 11) is 1.51. The Kier molecular flexibility index (Phi) is 4.34. The van der Waals surface area contributed by atoms with Crippen molar-refractivity contribution in [2.75, 3.05) is 7.11 Å². The van der Waals surface area contributed by atoms with E-state index in [1.807, 2.05) is 6.92 Å². The Hall–Kier alpha value is -1.95. The zero-order valence-corrected chi connectivity index (χ0v) is 11.4. The summed E-state index contributed by atoms with van der Waals surface area (Å²) >= 11 is 0. The Morgan fingerprint density at radius 2 is 2.00 bits per heavy atom. The zero-order chi connectivity index (χ0) is 14.7. The minimum absolute atomic E-state index is 0.0223. The van der Waals surface area contributed by atoms with Crippen molar-refractivity contribution in [3.05, 3.63) is 47.3 Å². The fourth-order valence-corrected chi connectivity index (χ4v) is 2.21. The van der Waals surface area contributed by atoms with Crippen molar-refractivity contribution in [3.8, 4) is 5.75 Å². The minimum atomic E-state index is -0.598. The van der Waals surface area contributed by atoms with Gasteiger partial charge >= 0.3 is 0 Å². The van der Waals surface area contributed by atoms with Gasteiger partial charge in [0.1, 0.15) is 11.6 Å². The van der Waals surface area contributed by atoms with Crippen LogP contribution in [-0.2, 0) is 13.0 Å². The molecule has 2 N–H and O–H groups in total. The summed E-state index contributed by atoms with van der Waals surface area (Å²) in [6.07, 6.45) is 1.59. The van der Waals surface area contributed by atoms with Crippen molar-refractivity contribution in [2.45, 2.75) is 25.9 Å². The Morgan fingerprint density at radius 3 is 2.55 bits per heavy atom. The van der Waals surface area contributed by atoms with Crippen LogP contribution in [0.5, 0.6) is 5.75 Å². The first-order chi connectivity index (χ1) is 9.58. The molecule has 2 aromatic rings. The molecule has 0 aliphatic heterocycles. The monoisotopic (exact) mass is 281 g/mol. The van der Waals surface area contributed by atoms with E-state index < -0.39 is 17.7 Å². The Labute approximate surface area is 116 Å². The average Bonchev–Trinajstić information content (AvgIpc) is 2.85. The lowest BCUT2D eigenvalue weighted by Gasteiger charge is -2.16. The maximum absolute atomic E-state index is 13.7. The Bertz CT molecular complexity index is 556. The fourth-order valence-electron chi connectivity index (χ4n) is 2.21. The van der Waals surface area contributed by atoms with Gasteiger partial charge in [-0.25, -0.2) is 8.78 Å². The third-order valence-corrected chi connectivity index (χ3v) is 3.20. The molecule has 1 unspecified atom stereocenters. The molecular formula is C14H17F2N3O. The molecule has 1 aromatic carbocycles. The van der Waals surface area contributed by atoms with Crippen LogP contribution >= 0.6 is 0 Å². The first-order valence-electron chi connectivity index (χ1n) is 6.36. The standard InChI is InChI=1S/C14H17F2N3O/c1-3-19-14(13(20-2)8-18-19)12(17)7-9-10(15)5-4-6-11(9)16/h4-6,8,12H,3,7,17H2,1-2H3. The molecule has 1 atom stereocenters. The van der Waals surface area contributed by atoms with Crippen LogP contribution in [0.1, 0.15) is 24.2 Å². The molecule has 20 heavy (non-hydrogen) atoms. The summed E-state index contributed by atoms with van der Waals surface area (Å²) in [5, 5.41) is 4.14. The van der Waals surface area contributed by atoms with Crippen molar-refractivity contribution in [2.24, 2.45) is 5.73 Å². The number of ether oxygens (including phenoxy) is 1. The molecule has 0 amide bonds. The molecule has 0 aliphatic carbocycles. The molecular weight excluding hydrogens is 264 g/mol. The summed E-state index contributed by atoms with van der Waals surface area (Å²) in [6.45, 7) is 2.51. The van der Waals surface area contributed by atoms with E-state index in [1.165, 1.54) is 25.3 Å². The van der Waals surface area contributed by atoms with E-state index in [2.05, 4.69) is 5.10 Å². The summed E-state index contributed by atoms with van der Waals surface area (Å²) in [6, 6.07) is 3.18. The third kappa shape index (κ3) is 2.65. The number of halogens is 2. The molecule has 1 heterocycles. The summed E-state index contributed by atoms with van der Waals surface area (Å²) in [5.74, 6) is -0.667. The normalized spacial score (nSPS) is 12.4. The van der Waals surface area contributed by atoms with Gasteiger partial charge in [0.25, 0.3) is 0 Å². The lowest BCUT2D eigenvalue weighted by molar-refractivity contribution is 0.400. The summed E-state index contributed by atoms with van der Waals surface area (Å²) in [5.41, 5.74) is 6.70. The van der Waals surface area contributed by atoms with Crippen LogP contribution in [0.4, 0.5) is 8.78 Å². The van der Waals surface area contributed by atoms with Gasteiger partial charge in [0, 0.05) is 12.1 Å². The van der Waals surface area contributed by atoms with Crippen LogP contribution in [0.15, 0.2) is 24.4 Å². The zero-order valence-electron chi connectivity index (χ0n) is 11.4. The number of aromatic nitrogens is 2.